The van der Waals surface area contributed by atoms with E-state index in [0.29, 0.717) is 0 Å². The number of carbonyl (C=O) groups excluding carboxylic acids is 2. The van der Waals surface area contributed by atoms with Gasteiger partial charge in [0.25, 0.3) is 5.91 Å². The minimum Gasteiger partial charge on any atom is -0.450 e. The lowest BCUT2D eigenvalue weighted by molar-refractivity contribution is -0.168. The van der Waals surface area contributed by atoms with Gasteiger partial charge in [0.05, 0.1) is 0 Å². The van der Waals surface area contributed by atoms with Crippen LogP contribution in [0.3, 0.4) is 0 Å². The van der Waals surface area contributed by atoms with Crippen molar-refractivity contribution in [2.75, 3.05) is 13.7 Å². The topological polar surface area (TPSA) is 55.8 Å². The molecule has 0 radical (unpaired) electrons. The number of rotatable bonds is 4. The maximum absolute atomic E-state index is 12.9. The molecule has 0 unspecified atom stereocenters. The Balaban J connectivity index is 1.56. The summed E-state index contributed by atoms with van der Waals surface area (Å²) in [6.07, 6.45) is 4.95. The summed E-state index contributed by atoms with van der Waals surface area (Å²) in [4.78, 5) is 27.7. The third kappa shape index (κ3) is 2.56. The maximum Gasteiger partial charge on any atom is 0.340 e. The zero-order valence-electron chi connectivity index (χ0n) is 14.6. The van der Waals surface area contributed by atoms with Crippen molar-refractivity contribution >= 4 is 11.9 Å². The predicted octanol–water partition coefficient (Wildman–Crippen LogP) is 2.85. The fraction of sp³-hybridized carbons (Fsp3) is 0.600. The molecule has 2 saturated heterocycles. The number of carbonyl (C=O) groups is 2. The van der Waals surface area contributed by atoms with Crippen LogP contribution in [0, 0.1) is 5.92 Å². The standard InChI is InChI=1S/C20H25NO4/c1-24-16(14-8-3-2-4-9-14)19(23)25-17-15-10-5-6-11-20(15)12-7-13-21(20)18(17)22/h2-4,8-9,15-17H,5-7,10-13H2,1H3/t15-,16-,17+,20+/m0/s1. The van der Waals surface area contributed by atoms with Crippen molar-refractivity contribution in [2.24, 2.45) is 5.92 Å². The van der Waals surface area contributed by atoms with Crippen LogP contribution < -0.4 is 0 Å². The zero-order chi connectivity index (χ0) is 17.4. The maximum atomic E-state index is 12.9. The number of nitrogens with zero attached hydrogens (tertiary/aromatic N) is 1. The van der Waals surface area contributed by atoms with Gasteiger partial charge in [0.1, 0.15) is 0 Å². The summed E-state index contributed by atoms with van der Waals surface area (Å²) in [5, 5.41) is 0. The third-order valence-corrected chi connectivity index (χ3v) is 6.26. The number of hydrogen-bond acceptors (Lipinski definition) is 4. The monoisotopic (exact) mass is 343 g/mol. The van der Waals surface area contributed by atoms with Crippen LogP contribution in [0.1, 0.15) is 50.2 Å². The van der Waals surface area contributed by atoms with Crippen molar-refractivity contribution in [1.29, 1.82) is 0 Å². The highest BCUT2D eigenvalue weighted by Gasteiger charge is 2.62. The van der Waals surface area contributed by atoms with E-state index in [1.165, 1.54) is 7.11 Å². The number of methoxy groups -OCH3 is 1. The number of esters is 1. The van der Waals surface area contributed by atoms with Gasteiger partial charge in [0, 0.05) is 25.1 Å². The minimum absolute atomic E-state index is 0.000615. The summed E-state index contributed by atoms with van der Waals surface area (Å²) in [7, 11) is 1.50. The molecule has 5 nitrogen and oxygen atoms in total. The van der Waals surface area contributed by atoms with E-state index in [0.717, 1.165) is 50.6 Å². The van der Waals surface area contributed by atoms with Crippen molar-refractivity contribution < 1.29 is 19.1 Å². The Bertz CT molecular complexity index is 661. The third-order valence-electron chi connectivity index (χ3n) is 6.26. The molecule has 4 rings (SSSR count). The van der Waals surface area contributed by atoms with E-state index in [2.05, 4.69) is 0 Å². The largest absolute Gasteiger partial charge is 0.450 e. The fourth-order valence-electron chi connectivity index (χ4n) is 5.20. The van der Waals surface area contributed by atoms with Crippen LogP contribution in [0.25, 0.3) is 0 Å². The predicted molar refractivity (Wildman–Crippen MR) is 91.7 cm³/mol. The number of benzene rings is 1. The molecule has 25 heavy (non-hydrogen) atoms. The lowest BCUT2D eigenvalue weighted by Gasteiger charge is -2.40. The van der Waals surface area contributed by atoms with Crippen molar-refractivity contribution in [3.63, 3.8) is 0 Å². The second kappa shape index (κ2) is 6.45. The van der Waals surface area contributed by atoms with Crippen molar-refractivity contribution in [2.45, 2.75) is 56.3 Å². The molecule has 1 spiro atoms. The van der Waals surface area contributed by atoms with E-state index in [4.69, 9.17) is 9.47 Å². The zero-order valence-corrected chi connectivity index (χ0v) is 14.6. The smallest absolute Gasteiger partial charge is 0.340 e. The Morgan fingerprint density at radius 1 is 1.20 bits per heavy atom. The van der Waals surface area contributed by atoms with Crippen LogP contribution in [-0.2, 0) is 19.1 Å². The van der Waals surface area contributed by atoms with Gasteiger partial charge >= 0.3 is 5.97 Å². The van der Waals surface area contributed by atoms with E-state index in [1.807, 2.05) is 35.2 Å². The van der Waals surface area contributed by atoms with Crippen LogP contribution in [-0.4, -0.2) is 42.1 Å². The number of amides is 1. The van der Waals surface area contributed by atoms with Crippen LogP contribution in [0.2, 0.25) is 0 Å². The highest BCUT2D eigenvalue weighted by atomic mass is 16.6. The van der Waals surface area contributed by atoms with Gasteiger partial charge in [0.2, 0.25) is 0 Å². The molecule has 3 fully saturated rings. The summed E-state index contributed by atoms with van der Waals surface area (Å²) in [6, 6.07) is 9.30. The summed E-state index contributed by atoms with van der Waals surface area (Å²) in [6.45, 7) is 0.801. The molecule has 1 saturated carbocycles. The van der Waals surface area contributed by atoms with Crippen LogP contribution >= 0.6 is 0 Å². The van der Waals surface area contributed by atoms with E-state index in [1.54, 1.807) is 0 Å². The van der Waals surface area contributed by atoms with Crippen LogP contribution in [0.4, 0.5) is 0 Å². The molecule has 134 valence electrons. The van der Waals surface area contributed by atoms with Crippen molar-refractivity contribution in [3.05, 3.63) is 35.9 Å². The molecular weight excluding hydrogens is 318 g/mol. The Labute approximate surface area is 148 Å². The van der Waals surface area contributed by atoms with E-state index >= 15 is 0 Å². The molecule has 0 aromatic heterocycles. The first-order valence-electron chi connectivity index (χ1n) is 9.27. The minimum atomic E-state index is -0.788. The van der Waals surface area contributed by atoms with Gasteiger partial charge in [-0.15, -0.1) is 0 Å². The van der Waals surface area contributed by atoms with E-state index < -0.39 is 18.2 Å². The first-order chi connectivity index (χ1) is 12.2. The Hall–Kier alpha value is -1.88. The molecule has 4 atom stereocenters. The molecule has 2 heterocycles. The summed E-state index contributed by atoms with van der Waals surface area (Å²) >= 11 is 0. The molecule has 5 heteroatoms. The first-order valence-corrected chi connectivity index (χ1v) is 9.27. The Morgan fingerprint density at radius 2 is 1.96 bits per heavy atom. The van der Waals surface area contributed by atoms with Gasteiger partial charge < -0.3 is 14.4 Å². The number of hydrogen-bond donors (Lipinski definition) is 0. The molecule has 0 N–H and O–H groups in total. The SMILES string of the molecule is CO[C@H](C(=O)O[C@H]1C(=O)N2CCC[C@@]23CCCC[C@@H]13)c1ccccc1. The molecular formula is C20H25NO4. The summed E-state index contributed by atoms with van der Waals surface area (Å²) < 4.78 is 11.1. The van der Waals surface area contributed by atoms with E-state index in [9.17, 15) is 9.59 Å². The first kappa shape index (κ1) is 16.6. The second-order valence-corrected chi connectivity index (χ2v) is 7.43. The van der Waals surface area contributed by atoms with E-state index in [-0.39, 0.29) is 17.4 Å². The number of ether oxygens (including phenoxy) is 2. The van der Waals surface area contributed by atoms with Crippen LogP contribution in [0.15, 0.2) is 30.3 Å². The van der Waals surface area contributed by atoms with Crippen LogP contribution in [0.5, 0.6) is 0 Å². The quantitative estimate of drug-likeness (QED) is 0.789. The van der Waals surface area contributed by atoms with Gasteiger partial charge in [-0.25, -0.2) is 4.79 Å². The molecule has 0 bridgehead atoms. The van der Waals surface area contributed by atoms with Gasteiger partial charge in [-0.05, 0) is 31.2 Å². The average molecular weight is 343 g/mol. The van der Waals surface area contributed by atoms with Gasteiger partial charge in [-0.3, -0.25) is 4.79 Å². The lowest BCUT2D eigenvalue weighted by Crippen LogP contribution is -2.46. The van der Waals surface area contributed by atoms with Crippen molar-refractivity contribution in [3.8, 4) is 0 Å². The molecule has 1 amide bonds. The highest BCUT2D eigenvalue weighted by Crippen LogP contribution is 2.52. The van der Waals surface area contributed by atoms with Crippen molar-refractivity contribution in [1.82, 2.24) is 4.90 Å². The van der Waals surface area contributed by atoms with Gasteiger partial charge in [-0.2, -0.15) is 0 Å². The molecule has 1 aromatic rings. The average Bonchev–Trinajstić information content (AvgIpc) is 3.13. The molecule has 1 aliphatic carbocycles. The lowest BCUT2D eigenvalue weighted by atomic mass is 9.71. The summed E-state index contributed by atoms with van der Waals surface area (Å²) in [5.74, 6) is -0.330. The highest BCUT2D eigenvalue weighted by molar-refractivity contribution is 5.89. The van der Waals surface area contributed by atoms with Gasteiger partial charge in [0.15, 0.2) is 12.2 Å². The Morgan fingerprint density at radius 3 is 2.72 bits per heavy atom. The fourth-order valence-corrected chi connectivity index (χ4v) is 5.20. The molecule has 2 aliphatic heterocycles. The summed E-state index contributed by atoms with van der Waals surface area (Å²) in [5.41, 5.74) is 0.689. The second-order valence-electron chi connectivity index (χ2n) is 7.43. The van der Waals surface area contributed by atoms with Gasteiger partial charge in [-0.1, -0.05) is 43.2 Å². The normalized spacial score (nSPS) is 32.2. The molecule has 3 aliphatic rings. The molecule has 1 aromatic carbocycles. The Kier molecular flexibility index (Phi) is 4.28.